The van der Waals surface area contributed by atoms with Crippen molar-refractivity contribution in [1.29, 1.82) is 0 Å². The lowest BCUT2D eigenvalue weighted by molar-refractivity contribution is -0.137. The van der Waals surface area contributed by atoms with E-state index in [9.17, 15) is 13.2 Å². The van der Waals surface area contributed by atoms with Crippen LogP contribution in [-0.4, -0.2) is 13.1 Å². The van der Waals surface area contributed by atoms with Crippen molar-refractivity contribution in [2.45, 2.75) is 44.3 Å². The minimum absolute atomic E-state index is 0.533. The molecule has 1 saturated carbocycles. The SMILES string of the molecule is CNC(CCCc1cccc(C(F)(F)F)c1)C1CC1. The Labute approximate surface area is 112 Å². The van der Waals surface area contributed by atoms with Crippen LogP contribution in [0.25, 0.3) is 0 Å². The maximum Gasteiger partial charge on any atom is 0.416 e. The maximum atomic E-state index is 12.6. The number of nitrogens with one attached hydrogen (secondary N) is 1. The van der Waals surface area contributed by atoms with Crippen LogP contribution in [-0.2, 0) is 12.6 Å². The van der Waals surface area contributed by atoms with Crippen molar-refractivity contribution in [1.82, 2.24) is 5.32 Å². The van der Waals surface area contributed by atoms with Crippen molar-refractivity contribution in [3.05, 3.63) is 35.4 Å². The molecule has 0 aromatic heterocycles. The average molecular weight is 271 g/mol. The largest absolute Gasteiger partial charge is 0.416 e. The maximum absolute atomic E-state index is 12.6. The van der Waals surface area contributed by atoms with Gasteiger partial charge in [-0.2, -0.15) is 13.2 Å². The number of halogens is 3. The minimum atomic E-state index is -4.24. The molecule has 1 N–H and O–H groups in total. The summed E-state index contributed by atoms with van der Waals surface area (Å²) in [6.07, 6.45) is 1.03. The summed E-state index contributed by atoms with van der Waals surface area (Å²) in [5.41, 5.74) is 0.234. The van der Waals surface area contributed by atoms with Crippen LogP contribution in [0, 0.1) is 5.92 Å². The summed E-state index contributed by atoms with van der Waals surface area (Å²) in [5.74, 6) is 0.784. The first kappa shape index (κ1) is 14.4. The molecule has 0 bridgehead atoms. The Kier molecular flexibility index (Phi) is 4.50. The normalized spacial score (nSPS) is 17.5. The van der Waals surface area contributed by atoms with Gasteiger partial charge in [0.15, 0.2) is 0 Å². The van der Waals surface area contributed by atoms with Gasteiger partial charge >= 0.3 is 6.18 Å². The summed E-state index contributed by atoms with van der Waals surface area (Å²) < 4.78 is 37.7. The number of rotatable bonds is 6. The molecule has 0 saturated heterocycles. The van der Waals surface area contributed by atoms with Gasteiger partial charge in [0.1, 0.15) is 0 Å². The van der Waals surface area contributed by atoms with Crippen molar-refractivity contribution in [3.8, 4) is 0 Å². The predicted molar refractivity (Wildman–Crippen MR) is 70.0 cm³/mol. The quantitative estimate of drug-likeness (QED) is 0.823. The molecule has 0 radical (unpaired) electrons. The number of hydrogen-bond acceptors (Lipinski definition) is 1. The average Bonchev–Trinajstić information content (AvgIpc) is 3.18. The van der Waals surface area contributed by atoms with Crippen LogP contribution in [0.15, 0.2) is 24.3 Å². The molecule has 0 amide bonds. The van der Waals surface area contributed by atoms with Gasteiger partial charge < -0.3 is 5.32 Å². The highest BCUT2D eigenvalue weighted by molar-refractivity contribution is 5.25. The Hall–Kier alpha value is -1.03. The molecule has 1 aromatic carbocycles. The Morgan fingerprint density at radius 3 is 2.63 bits per heavy atom. The van der Waals surface area contributed by atoms with E-state index in [2.05, 4.69) is 5.32 Å². The minimum Gasteiger partial charge on any atom is -0.317 e. The molecule has 1 unspecified atom stereocenters. The molecule has 0 heterocycles. The molecule has 1 aliphatic carbocycles. The van der Waals surface area contributed by atoms with Gasteiger partial charge in [-0.25, -0.2) is 0 Å². The summed E-state index contributed by atoms with van der Waals surface area (Å²) in [7, 11) is 1.97. The van der Waals surface area contributed by atoms with Gasteiger partial charge in [0.25, 0.3) is 0 Å². The van der Waals surface area contributed by atoms with Crippen LogP contribution >= 0.6 is 0 Å². The van der Waals surface area contributed by atoms with Gasteiger partial charge in [0.05, 0.1) is 5.56 Å². The second-order valence-corrected chi connectivity index (χ2v) is 5.32. The monoisotopic (exact) mass is 271 g/mol. The van der Waals surface area contributed by atoms with E-state index >= 15 is 0 Å². The molecule has 4 heteroatoms. The van der Waals surface area contributed by atoms with Crippen LogP contribution < -0.4 is 5.32 Å². The van der Waals surface area contributed by atoms with E-state index in [1.165, 1.54) is 25.0 Å². The second-order valence-electron chi connectivity index (χ2n) is 5.32. The molecule has 1 aromatic rings. The van der Waals surface area contributed by atoms with Crippen molar-refractivity contribution < 1.29 is 13.2 Å². The lowest BCUT2D eigenvalue weighted by Gasteiger charge is -2.15. The van der Waals surface area contributed by atoms with Gasteiger partial charge in [0.2, 0.25) is 0 Å². The molecule has 2 rings (SSSR count). The Balaban J connectivity index is 1.85. The fourth-order valence-electron chi connectivity index (χ4n) is 2.54. The van der Waals surface area contributed by atoms with Crippen LogP contribution in [0.2, 0.25) is 0 Å². The van der Waals surface area contributed by atoms with E-state index < -0.39 is 11.7 Å². The summed E-state index contributed by atoms with van der Waals surface area (Å²) in [4.78, 5) is 0. The molecule has 1 nitrogen and oxygen atoms in total. The Bertz CT molecular complexity index is 410. The summed E-state index contributed by atoms with van der Waals surface area (Å²) >= 11 is 0. The van der Waals surface area contributed by atoms with Crippen LogP contribution in [0.1, 0.15) is 36.8 Å². The van der Waals surface area contributed by atoms with Crippen LogP contribution in [0.3, 0.4) is 0 Å². The zero-order valence-electron chi connectivity index (χ0n) is 11.1. The third-order valence-corrected chi connectivity index (χ3v) is 3.80. The number of hydrogen-bond donors (Lipinski definition) is 1. The fourth-order valence-corrected chi connectivity index (χ4v) is 2.54. The third-order valence-electron chi connectivity index (χ3n) is 3.80. The summed E-state index contributed by atoms with van der Waals surface area (Å²) in [5, 5.41) is 3.31. The van der Waals surface area contributed by atoms with Crippen LogP contribution in [0.4, 0.5) is 13.2 Å². The van der Waals surface area contributed by atoms with E-state index in [4.69, 9.17) is 0 Å². The molecule has 1 fully saturated rings. The first-order valence-corrected chi connectivity index (χ1v) is 6.84. The molecule has 106 valence electrons. The van der Waals surface area contributed by atoms with Gasteiger partial charge in [-0.1, -0.05) is 18.2 Å². The first-order chi connectivity index (χ1) is 9.00. The van der Waals surface area contributed by atoms with Gasteiger partial charge in [-0.05, 0) is 56.7 Å². The Morgan fingerprint density at radius 1 is 1.32 bits per heavy atom. The standard InChI is InChI=1S/C15H20F3N/c1-19-14(12-8-9-12)7-3-5-11-4-2-6-13(10-11)15(16,17)18/h2,4,6,10,12,14,19H,3,5,7-9H2,1H3. The van der Waals surface area contributed by atoms with Crippen molar-refractivity contribution >= 4 is 0 Å². The molecular formula is C15H20F3N. The smallest absolute Gasteiger partial charge is 0.317 e. The second kappa shape index (κ2) is 5.95. The highest BCUT2D eigenvalue weighted by Gasteiger charge is 2.31. The predicted octanol–water partition coefficient (Wildman–Crippen LogP) is 4.03. The van der Waals surface area contributed by atoms with E-state index in [-0.39, 0.29) is 0 Å². The zero-order chi connectivity index (χ0) is 13.9. The van der Waals surface area contributed by atoms with Crippen molar-refractivity contribution in [3.63, 3.8) is 0 Å². The van der Waals surface area contributed by atoms with E-state index in [1.807, 2.05) is 7.05 Å². The lowest BCUT2D eigenvalue weighted by atomic mass is 10.0. The molecule has 19 heavy (non-hydrogen) atoms. The summed E-state index contributed by atoms with van der Waals surface area (Å²) in [6, 6.07) is 6.20. The molecule has 0 aliphatic heterocycles. The summed E-state index contributed by atoms with van der Waals surface area (Å²) in [6.45, 7) is 0. The van der Waals surface area contributed by atoms with Gasteiger partial charge in [-0.15, -0.1) is 0 Å². The van der Waals surface area contributed by atoms with Crippen molar-refractivity contribution in [2.75, 3.05) is 7.05 Å². The third kappa shape index (κ3) is 4.23. The van der Waals surface area contributed by atoms with Crippen LogP contribution in [0.5, 0.6) is 0 Å². The van der Waals surface area contributed by atoms with Gasteiger partial charge in [-0.3, -0.25) is 0 Å². The first-order valence-electron chi connectivity index (χ1n) is 6.84. The lowest BCUT2D eigenvalue weighted by Crippen LogP contribution is -2.27. The molecule has 0 spiro atoms. The van der Waals surface area contributed by atoms with Gasteiger partial charge in [0, 0.05) is 6.04 Å². The zero-order valence-corrected chi connectivity index (χ0v) is 11.1. The molecular weight excluding hydrogens is 251 g/mol. The topological polar surface area (TPSA) is 12.0 Å². The molecule has 1 atom stereocenters. The van der Waals surface area contributed by atoms with E-state index in [1.54, 1.807) is 6.07 Å². The van der Waals surface area contributed by atoms with Crippen molar-refractivity contribution in [2.24, 2.45) is 5.92 Å². The number of alkyl halides is 3. The van der Waals surface area contributed by atoms with E-state index in [0.717, 1.165) is 36.8 Å². The Morgan fingerprint density at radius 2 is 2.05 bits per heavy atom. The van der Waals surface area contributed by atoms with E-state index in [0.29, 0.717) is 6.04 Å². The highest BCUT2D eigenvalue weighted by Crippen LogP contribution is 2.34. The highest BCUT2D eigenvalue weighted by atomic mass is 19.4. The molecule has 1 aliphatic rings. The fraction of sp³-hybridized carbons (Fsp3) is 0.600. The number of benzene rings is 1. The number of aryl methyl sites for hydroxylation is 1.